The number of amides is 1. The third kappa shape index (κ3) is 6.90. The Bertz CT molecular complexity index is 1190. The molecule has 3 rings (SSSR count). The van der Waals surface area contributed by atoms with Crippen LogP contribution in [0.2, 0.25) is 15.1 Å². The molecule has 9 heteroatoms. The first-order valence-electron chi connectivity index (χ1n) is 10.0. The van der Waals surface area contributed by atoms with Gasteiger partial charge < -0.3 is 14.2 Å². The zero-order valence-electron chi connectivity index (χ0n) is 18.2. The van der Waals surface area contributed by atoms with Crippen molar-refractivity contribution in [2.45, 2.75) is 6.61 Å². The van der Waals surface area contributed by atoms with E-state index in [1.165, 1.54) is 13.3 Å². The average molecular weight is 520 g/mol. The summed E-state index contributed by atoms with van der Waals surface area (Å²) >= 11 is 18.7. The summed E-state index contributed by atoms with van der Waals surface area (Å²) in [7, 11) is 1.49. The Morgan fingerprint density at radius 1 is 1.03 bits per heavy atom. The molecule has 1 N–H and O–H groups in total. The van der Waals surface area contributed by atoms with E-state index >= 15 is 0 Å². The molecular formula is C25H21Cl3N2O4. The van der Waals surface area contributed by atoms with Gasteiger partial charge in [-0.05, 0) is 53.6 Å². The summed E-state index contributed by atoms with van der Waals surface area (Å²) in [5, 5.41) is 5.21. The smallest absolute Gasteiger partial charge is 0.271 e. The van der Waals surface area contributed by atoms with Crippen molar-refractivity contribution in [2.24, 2.45) is 5.10 Å². The first kappa shape index (κ1) is 25.4. The van der Waals surface area contributed by atoms with Gasteiger partial charge in [0.15, 0.2) is 17.2 Å². The Morgan fingerprint density at radius 2 is 1.79 bits per heavy atom. The maximum Gasteiger partial charge on any atom is 0.271 e. The van der Waals surface area contributed by atoms with E-state index in [-0.39, 0.29) is 6.61 Å². The third-order valence-corrected chi connectivity index (χ3v) is 5.25. The first-order valence-corrected chi connectivity index (χ1v) is 11.2. The van der Waals surface area contributed by atoms with Gasteiger partial charge in [0.05, 0.1) is 23.4 Å². The summed E-state index contributed by atoms with van der Waals surface area (Å²) in [4.78, 5) is 12.4. The number of nitrogens with zero attached hydrogens (tertiary/aromatic N) is 1. The largest absolute Gasteiger partial charge is 0.493 e. The minimum atomic E-state index is -0.427. The van der Waals surface area contributed by atoms with Crippen molar-refractivity contribution in [3.63, 3.8) is 0 Å². The lowest BCUT2D eigenvalue weighted by molar-refractivity contribution is 0.0954. The lowest BCUT2D eigenvalue weighted by atomic mass is 10.2. The van der Waals surface area contributed by atoms with Gasteiger partial charge in [0, 0.05) is 10.6 Å². The molecule has 0 aromatic heterocycles. The number of carbonyl (C=O) groups is 1. The number of hydrazone groups is 1. The molecule has 3 aromatic rings. The summed E-state index contributed by atoms with van der Waals surface area (Å²) < 4.78 is 16.5. The normalized spacial score (nSPS) is 10.7. The van der Waals surface area contributed by atoms with Crippen molar-refractivity contribution in [3.05, 3.63) is 99.0 Å². The van der Waals surface area contributed by atoms with Gasteiger partial charge >= 0.3 is 0 Å². The van der Waals surface area contributed by atoms with Crippen LogP contribution in [0.5, 0.6) is 17.2 Å². The van der Waals surface area contributed by atoms with Gasteiger partial charge in [0.2, 0.25) is 0 Å². The topological polar surface area (TPSA) is 69.2 Å². The maximum absolute atomic E-state index is 12.4. The van der Waals surface area contributed by atoms with Gasteiger partial charge in [-0.15, -0.1) is 0 Å². The summed E-state index contributed by atoms with van der Waals surface area (Å²) in [6, 6.07) is 15.4. The van der Waals surface area contributed by atoms with E-state index in [2.05, 4.69) is 17.1 Å². The lowest BCUT2D eigenvalue weighted by Crippen LogP contribution is -2.17. The highest BCUT2D eigenvalue weighted by atomic mass is 35.5. The van der Waals surface area contributed by atoms with E-state index in [0.29, 0.717) is 50.1 Å². The fourth-order valence-corrected chi connectivity index (χ4v) is 3.71. The second-order valence-corrected chi connectivity index (χ2v) is 8.15. The van der Waals surface area contributed by atoms with Gasteiger partial charge in [-0.3, -0.25) is 4.79 Å². The minimum Gasteiger partial charge on any atom is -0.493 e. The molecule has 3 aromatic carbocycles. The Balaban J connectivity index is 1.64. The lowest BCUT2D eigenvalue weighted by Gasteiger charge is -2.11. The number of hydrogen-bond acceptors (Lipinski definition) is 5. The third-order valence-electron chi connectivity index (χ3n) is 4.46. The Labute approximate surface area is 212 Å². The van der Waals surface area contributed by atoms with E-state index in [0.717, 1.165) is 5.56 Å². The van der Waals surface area contributed by atoms with Crippen LogP contribution in [0.1, 0.15) is 21.5 Å². The minimum absolute atomic E-state index is 0.254. The summed E-state index contributed by atoms with van der Waals surface area (Å²) in [6.45, 7) is 4.18. The van der Waals surface area contributed by atoms with Crippen LogP contribution < -0.4 is 19.6 Å². The molecule has 0 aliphatic heterocycles. The molecule has 0 saturated heterocycles. The standard InChI is InChI=1S/C25H21Cl3N2O4/c1-3-9-33-22-8-7-18(13-23(22)32-2)25(31)30-29-14-17-11-20(27)24(21(28)12-17)34-15-16-5-4-6-19(26)10-16/h3-8,10-14H,1,9,15H2,2H3,(H,30,31)/b29-14+. The highest BCUT2D eigenvalue weighted by Crippen LogP contribution is 2.34. The molecule has 0 aliphatic rings. The zero-order valence-corrected chi connectivity index (χ0v) is 20.5. The number of benzene rings is 3. The predicted octanol–water partition coefficient (Wildman–Crippen LogP) is 6.56. The van der Waals surface area contributed by atoms with Crippen LogP contribution in [-0.2, 0) is 6.61 Å². The van der Waals surface area contributed by atoms with Gasteiger partial charge in [-0.25, -0.2) is 5.43 Å². The van der Waals surface area contributed by atoms with Gasteiger partial charge in [-0.1, -0.05) is 59.6 Å². The fourth-order valence-electron chi connectivity index (χ4n) is 2.88. The van der Waals surface area contributed by atoms with E-state index in [4.69, 9.17) is 49.0 Å². The van der Waals surface area contributed by atoms with E-state index < -0.39 is 5.91 Å². The van der Waals surface area contributed by atoms with Crippen molar-refractivity contribution in [3.8, 4) is 17.2 Å². The van der Waals surface area contributed by atoms with Crippen LogP contribution in [-0.4, -0.2) is 25.8 Å². The molecule has 0 unspecified atom stereocenters. The Kier molecular flexibility index (Phi) is 9.22. The molecule has 0 atom stereocenters. The molecule has 0 bridgehead atoms. The van der Waals surface area contributed by atoms with E-state index in [9.17, 15) is 4.79 Å². The predicted molar refractivity (Wildman–Crippen MR) is 136 cm³/mol. The summed E-state index contributed by atoms with van der Waals surface area (Å²) in [6.07, 6.45) is 3.04. The second kappa shape index (κ2) is 12.3. The van der Waals surface area contributed by atoms with Crippen molar-refractivity contribution < 1.29 is 19.0 Å². The highest BCUT2D eigenvalue weighted by Gasteiger charge is 2.12. The number of nitrogens with one attached hydrogen (secondary N) is 1. The first-order chi connectivity index (χ1) is 16.4. The maximum atomic E-state index is 12.4. The monoisotopic (exact) mass is 518 g/mol. The van der Waals surface area contributed by atoms with Crippen molar-refractivity contribution >= 4 is 46.9 Å². The summed E-state index contributed by atoms with van der Waals surface area (Å²) in [5.74, 6) is 0.841. The Morgan fingerprint density at radius 3 is 2.47 bits per heavy atom. The van der Waals surface area contributed by atoms with Crippen molar-refractivity contribution in [1.29, 1.82) is 0 Å². The SMILES string of the molecule is C=CCOc1ccc(C(=O)N/N=C/c2cc(Cl)c(OCc3cccc(Cl)c3)c(Cl)c2)cc1OC. The quantitative estimate of drug-likeness (QED) is 0.187. The molecular weight excluding hydrogens is 499 g/mol. The number of ether oxygens (including phenoxy) is 3. The molecule has 0 spiro atoms. The number of methoxy groups -OCH3 is 1. The van der Waals surface area contributed by atoms with Gasteiger partial charge in [-0.2, -0.15) is 5.10 Å². The molecule has 0 heterocycles. The fraction of sp³-hybridized carbons (Fsp3) is 0.120. The van der Waals surface area contributed by atoms with Crippen molar-refractivity contribution in [2.75, 3.05) is 13.7 Å². The molecule has 0 saturated carbocycles. The van der Waals surface area contributed by atoms with Crippen LogP contribution in [0, 0.1) is 0 Å². The molecule has 6 nitrogen and oxygen atoms in total. The van der Waals surface area contributed by atoms with Gasteiger partial charge in [0.1, 0.15) is 13.2 Å². The number of carbonyl (C=O) groups excluding carboxylic acids is 1. The van der Waals surface area contributed by atoms with Crippen molar-refractivity contribution in [1.82, 2.24) is 5.43 Å². The molecule has 0 fully saturated rings. The number of hydrogen-bond donors (Lipinski definition) is 1. The highest BCUT2D eigenvalue weighted by molar-refractivity contribution is 6.37. The molecule has 176 valence electrons. The molecule has 0 radical (unpaired) electrons. The number of rotatable bonds is 10. The van der Waals surface area contributed by atoms with Crippen LogP contribution >= 0.6 is 34.8 Å². The Hall–Kier alpha value is -3.19. The number of halogens is 3. The second-order valence-electron chi connectivity index (χ2n) is 6.90. The van der Waals surface area contributed by atoms with E-state index in [1.807, 2.05) is 12.1 Å². The average Bonchev–Trinajstić information content (AvgIpc) is 2.82. The molecule has 1 amide bonds. The van der Waals surface area contributed by atoms with Crippen LogP contribution in [0.3, 0.4) is 0 Å². The van der Waals surface area contributed by atoms with E-state index in [1.54, 1.807) is 48.5 Å². The molecule has 34 heavy (non-hydrogen) atoms. The zero-order chi connectivity index (χ0) is 24.5. The molecule has 0 aliphatic carbocycles. The van der Waals surface area contributed by atoms with Crippen LogP contribution in [0.25, 0.3) is 0 Å². The van der Waals surface area contributed by atoms with Gasteiger partial charge in [0.25, 0.3) is 5.91 Å². The summed E-state index contributed by atoms with van der Waals surface area (Å²) in [5.41, 5.74) is 4.26. The van der Waals surface area contributed by atoms with Crippen LogP contribution in [0.15, 0.2) is 72.4 Å². The van der Waals surface area contributed by atoms with Crippen LogP contribution in [0.4, 0.5) is 0 Å².